The molecule has 1 fully saturated rings. The van der Waals surface area contributed by atoms with Gasteiger partial charge in [-0.3, -0.25) is 9.89 Å². The molecular formula is C15H23N5O. The van der Waals surface area contributed by atoms with E-state index in [0.29, 0.717) is 23.5 Å². The van der Waals surface area contributed by atoms with Crippen LogP contribution in [0.3, 0.4) is 0 Å². The van der Waals surface area contributed by atoms with Crippen LogP contribution in [0.5, 0.6) is 0 Å². The molecule has 1 amide bonds. The molecule has 0 saturated carbocycles. The van der Waals surface area contributed by atoms with E-state index in [-0.39, 0.29) is 5.91 Å². The highest BCUT2D eigenvalue weighted by Gasteiger charge is 2.16. The third-order valence-corrected chi connectivity index (χ3v) is 3.72. The fourth-order valence-corrected chi connectivity index (χ4v) is 2.56. The average Bonchev–Trinajstić information content (AvgIpc) is 2.90. The van der Waals surface area contributed by atoms with Crippen LogP contribution in [-0.2, 0) is 0 Å². The van der Waals surface area contributed by atoms with Gasteiger partial charge in [-0.05, 0) is 44.3 Å². The summed E-state index contributed by atoms with van der Waals surface area (Å²) in [6, 6.07) is 0. The molecule has 114 valence electrons. The first kappa shape index (κ1) is 15.4. The molecule has 1 saturated heterocycles. The third-order valence-electron chi connectivity index (χ3n) is 3.72. The van der Waals surface area contributed by atoms with E-state index in [1.54, 1.807) is 6.08 Å². The molecule has 6 nitrogen and oxygen atoms in total. The molecule has 1 aromatic heterocycles. The Morgan fingerprint density at radius 1 is 1.48 bits per heavy atom. The van der Waals surface area contributed by atoms with Crippen LogP contribution in [0.15, 0.2) is 0 Å². The van der Waals surface area contributed by atoms with Crippen LogP contribution < -0.4 is 21.2 Å². The number of carbonyl (C=O) groups is 1. The number of hydrogen-bond acceptors (Lipinski definition) is 4. The molecule has 1 aromatic rings. The van der Waals surface area contributed by atoms with Gasteiger partial charge in [0.2, 0.25) is 0 Å². The van der Waals surface area contributed by atoms with Crippen molar-refractivity contribution < 1.29 is 4.79 Å². The Labute approximate surface area is 124 Å². The lowest BCUT2D eigenvalue weighted by Gasteiger charge is -2.22. The molecule has 0 aromatic carbocycles. The van der Waals surface area contributed by atoms with Gasteiger partial charge in [-0.25, -0.2) is 0 Å². The number of nitrogens with one attached hydrogen (secondary N) is 4. The van der Waals surface area contributed by atoms with Gasteiger partial charge in [0.1, 0.15) is 0 Å². The van der Waals surface area contributed by atoms with Crippen LogP contribution in [0.2, 0.25) is 0 Å². The van der Waals surface area contributed by atoms with Crippen molar-refractivity contribution in [3.05, 3.63) is 16.3 Å². The smallest absolute Gasteiger partial charge is 0.272 e. The van der Waals surface area contributed by atoms with Crippen LogP contribution in [0, 0.1) is 11.3 Å². The number of nitrogens with zero attached hydrogens (tertiary/aromatic N) is 1. The summed E-state index contributed by atoms with van der Waals surface area (Å²) < 4.78 is 0. The van der Waals surface area contributed by atoms with Crippen molar-refractivity contribution in [2.45, 2.75) is 26.2 Å². The maximum absolute atomic E-state index is 12.3. The Bertz CT molecular complexity index is 598. The number of aromatic nitrogens is 2. The molecule has 2 rings (SSSR count). The van der Waals surface area contributed by atoms with Gasteiger partial charge in [0, 0.05) is 18.0 Å². The number of amides is 1. The summed E-state index contributed by atoms with van der Waals surface area (Å²) in [5, 5.41) is 21.9. The monoisotopic (exact) mass is 289 g/mol. The van der Waals surface area contributed by atoms with E-state index in [1.165, 1.54) is 6.21 Å². The van der Waals surface area contributed by atoms with E-state index in [1.807, 2.05) is 13.0 Å². The second-order valence-corrected chi connectivity index (χ2v) is 5.25. The van der Waals surface area contributed by atoms with Gasteiger partial charge in [0.15, 0.2) is 5.69 Å². The summed E-state index contributed by atoms with van der Waals surface area (Å²) in [6.07, 6.45) is 7.77. The van der Waals surface area contributed by atoms with E-state index >= 15 is 0 Å². The second-order valence-electron chi connectivity index (χ2n) is 5.25. The summed E-state index contributed by atoms with van der Waals surface area (Å²) in [4.78, 5) is 12.3. The Balaban J connectivity index is 2.10. The summed E-state index contributed by atoms with van der Waals surface area (Å²) >= 11 is 0. The van der Waals surface area contributed by atoms with Crippen molar-refractivity contribution in [1.29, 1.82) is 5.41 Å². The zero-order valence-electron chi connectivity index (χ0n) is 12.4. The minimum absolute atomic E-state index is 0.144. The van der Waals surface area contributed by atoms with Gasteiger partial charge < -0.3 is 16.0 Å². The molecule has 0 aliphatic carbocycles. The first-order valence-electron chi connectivity index (χ1n) is 7.50. The van der Waals surface area contributed by atoms with E-state index in [4.69, 9.17) is 5.41 Å². The number of carbonyl (C=O) groups excluding carboxylic acids is 1. The molecule has 0 bridgehead atoms. The van der Waals surface area contributed by atoms with Crippen molar-refractivity contribution in [3.8, 4) is 0 Å². The van der Waals surface area contributed by atoms with Gasteiger partial charge in [-0.1, -0.05) is 13.0 Å². The van der Waals surface area contributed by atoms with Crippen molar-refractivity contribution in [3.63, 3.8) is 0 Å². The fourth-order valence-electron chi connectivity index (χ4n) is 2.56. The van der Waals surface area contributed by atoms with Gasteiger partial charge in [0.25, 0.3) is 5.91 Å². The predicted octanol–water partition coefficient (Wildman–Crippen LogP) is -0.240. The number of H-pyrrole nitrogens is 1. The predicted molar refractivity (Wildman–Crippen MR) is 83.8 cm³/mol. The van der Waals surface area contributed by atoms with Crippen LogP contribution >= 0.6 is 0 Å². The molecule has 0 atom stereocenters. The lowest BCUT2D eigenvalue weighted by molar-refractivity contribution is 0.0938. The van der Waals surface area contributed by atoms with E-state index in [0.717, 1.165) is 37.6 Å². The van der Waals surface area contributed by atoms with Gasteiger partial charge in [-0.2, -0.15) is 5.10 Å². The first-order chi connectivity index (χ1) is 10.3. The van der Waals surface area contributed by atoms with Crippen molar-refractivity contribution >= 4 is 24.3 Å². The normalized spacial score (nSPS) is 18.0. The molecule has 0 radical (unpaired) electrons. The average molecular weight is 289 g/mol. The van der Waals surface area contributed by atoms with Crippen molar-refractivity contribution in [2.24, 2.45) is 5.92 Å². The van der Waals surface area contributed by atoms with Gasteiger partial charge in [0.05, 0.1) is 5.35 Å². The Kier molecular flexibility index (Phi) is 5.68. The lowest BCUT2D eigenvalue weighted by Crippen LogP contribution is -2.38. The van der Waals surface area contributed by atoms with E-state index in [9.17, 15) is 4.79 Å². The van der Waals surface area contributed by atoms with E-state index < -0.39 is 0 Å². The van der Waals surface area contributed by atoms with Crippen LogP contribution in [0.1, 0.15) is 36.7 Å². The quantitative estimate of drug-likeness (QED) is 0.564. The molecule has 0 spiro atoms. The Morgan fingerprint density at radius 2 is 2.24 bits per heavy atom. The highest BCUT2D eigenvalue weighted by atomic mass is 16.1. The number of hydrogen-bond donors (Lipinski definition) is 4. The van der Waals surface area contributed by atoms with Crippen molar-refractivity contribution in [2.75, 3.05) is 19.6 Å². The summed E-state index contributed by atoms with van der Waals surface area (Å²) in [5.74, 6) is 0.398. The van der Waals surface area contributed by atoms with Gasteiger partial charge in [-0.15, -0.1) is 0 Å². The van der Waals surface area contributed by atoms with Crippen molar-refractivity contribution in [1.82, 2.24) is 20.8 Å². The molecule has 6 heteroatoms. The largest absolute Gasteiger partial charge is 0.350 e. The topological polar surface area (TPSA) is 93.7 Å². The molecule has 4 N–H and O–H groups in total. The summed E-state index contributed by atoms with van der Waals surface area (Å²) in [5.41, 5.74) is 0.416. The molecule has 1 aliphatic rings. The number of piperidine rings is 1. The zero-order chi connectivity index (χ0) is 15.1. The van der Waals surface area contributed by atoms with E-state index in [2.05, 4.69) is 20.8 Å². The Morgan fingerprint density at radius 3 is 2.90 bits per heavy atom. The second kappa shape index (κ2) is 7.73. The summed E-state index contributed by atoms with van der Waals surface area (Å²) in [6.45, 7) is 4.76. The zero-order valence-corrected chi connectivity index (χ0v) is 12.4. The number of rotatable bonds is 5. The van der Waals surface area contributed by atoms with Crippen LogP contribution in [0.25, 0.3) is 12.2 Å². The molecule has 0 unspecified atom stereocenters. The first-order valence-corrected chi connectivity index (χ1v) is 7.50. The lowest BCUT2D eigenvalue weighted by atomic mass is 9.98. The Hall–Kier alpha value is -1.95. The van der Waals surface area contributed by atoms with Crippen LogP contribution in [-0.4, -0.2) is 42.0 Å². The maximum Gasteiger partial charge on any atom is 0.272 e. The fraction of sp³-hybridized carbons (Fsp3) is 0.533. The summed E-state index contributed by atoms with van der Waals surface area (Å²) in [7, 11) is 0. The molecule has 1 aliphatic heterocycles. The third kappa shape index (κ3) is 4.01. The highest BCUT2D eigenvalue weighted by Crippen LogP contribution is 2.09. The SMILES string of the molecule is CC/C=c1/c(C(=O)NCC2CCNCC2)n[nH]/c1=C/C=N. The number of aromatic amines is 1. The molecular weight excluding hydrogens is 266 g/mol. The highest BCUT2D eigenvalue weighted by molar-refractivity contribution is 5.93. The minimum atomic E-state index is -0.144. The molecule has 2 heterocycles. The molecule has 21 heavy (non-hydrogen) atoms. The maximum atomic E-state index is 12.3. The van der Waals surface area contributed by atoms with Crippen LogP contribution in [0.4, 0.5) is 0 Å². The minimum Gasteiger partial charge on any atom is -0.350 e. The standard InChI is InChI=1S/C15H23N5O/c1-2-3-12-13(4-7-16)19-20-14(12)15(21)18-10-11-5-8-17-9-6-11/h3-4,7,11,16-17,19H,2,5-6,8-10H2,1H3,(H,18,21)/b12-3+,13-4+,16-7?. The van der Waals surface area contributed by atoms with Gasteiger partial charge >= 0.3 is 0 Å².